The molecule has 0 radical (unpaired) electrons. The maximum atomic E-state index is 13.0. The summed E-state index contributed by atoms with van der Waals surface area (Å²) in [5.41, 5.74) is 2.47. The van der Waals surface area contributed by atoms with E-state index in [0.717, 1.165) is 11.5 Å². The number of nitrogens with zero attached hydrogens (tertiary/aromatic N) is 2. The third kappa shape index (κ3) is 4.09. The normalized spacial score (nSPS) is 11.4. The Bertz CT molecular complexity index is 880. The summed E-state index contributed by atoms with van der Waals surface area (Å²) in [6.45, 7) is 6.38. The van der Waals surface area contributed by atoms with Gasteiger partial charge in [-0.1, -0.05) is 32.9 Å². The summed E-state index contributed by atoms with van der Waals surface area (Å²) >= 11 is 1.09. The van der Waals surface area contributed by atoms with Gasteiger partial charge in [-0.3, -0.25) is 10.1 Å². The molecule has 1 N–H and O–H groups in total. The highest BCUT2D eigenvalue weighted by Gasteiger charge is 2.15. The first-order chi connectivity index (χ1) is 11.8. The number of aromatic nitrogens is 2. The minimum absolute atomic E-state index is 0.0400. The maximum absolute atomic E-state index is 13.0. The van der Waals surface area contributed by atoms with E-state index in [0.29, 0.717) is 22.1 Å². The van der Waals surface area contributed by atoms with Crippen LogP contribution in [0.25, 0.3) is 11.4 Å². The molecule has 128 valence electrons. The second kappa shape index (κ2) is 6.72. The predicted molar refractivity (Wildman–Crippen MR) is 98.4 cm³/mol. The van der Waals surface area contributed by atoms with E-state index in [1.807, 2.05) is 12.1 Å². The molecule has 3 rings (SSSR count). The molecule has 0 aliphatic carbocycles. The zero-order valence-electron chi connectivity index (χ0n) is 14.2. The van der Waals surface area contributed by atoms with Gasteiger partial charge < -0.3 is 0 Å². The second-order valence-electron chi connectivity index (χ2n) is 6.71. The molecule has 0 saturated heterocycles. The highest BCUT2D eigenvalue weighted by molar-refractivity contribution is 7.10. The predicted octanol–water partition coefficient (Wildman–Crippen LogP) is 4.89. The number of nitrogens with one attached hydrogen (secondary N) is 1. The standard InChI is InChI=1S/C19H18FN3OS/c1-19(2,3)14-8-4-13(5-9-14)17(24)22-18-21-16(23-25-18)12-6-10-15(20)11-7-12/h4-11H,1-3H3,(H,21,22,23,24). The fraction of sp³-hybridized carbons (Fsp3) is 0.211. The van der Waals surface area contributed by atoms with Crippen LogP contribution in [0.2, 0.25) is 0 Å². The van der Waals surface area contributed by atoms with Crippen molar-refractivity contribution in [3.05, 3.63) is 65.5 Å². The Morgan fingerprint density at radius 2 is 1.68 bits per heavy atom. The Kier molecular flexibility index (Phi) is 4.63. The molecule has 0 unspecified atom stereocenters. The number of benzene rings is 2. The molecular weight excluding hydrogens is 337 g/mol. The average Bonchev–Trinajstić information content (AvgIpc) is 3.03. The van der Waals surface area contributed by atoms with Crippen LogP contribution in [0, 0.1) is 5.82 Å². The number of rotatable bonds is 3. The van der Waals surface area contributed by atoms with E-state index >= 15 is 0 Å². The van der Waals surface area contributed by atoms with Crippen molar-refractivity contribution in [2.24, 2.45) is 0 Å². The van der Waals surface area contributed by atoms with Crippen LogP contribution in [0.1, 0.15) is 36.7 Å². The molecule has 0 bridgehead atoms. The molecule has 25 heavy (non-hydrogen) atoms. The third-order valence-electron chi connectivity index (χ3n) is 3.76. The van der Waals surface area contributed by atoms with E-state index in [4.69, 9.17) is 0 Å². The van der Waals surface area contributed by atoms with Crippen molar-refractivity contribution in [1.29, 1.82) is 0 Å². The van der Waals surface area contributed by atoms with Gasteiger partial charge in [-0.2, -0.15) is 9.36 Å². The van der Waals surface area contributed by atoms with E-state index in [1.165, 1.54) is 17.7 Å². The van der Waals surface area contributed by atoms with Crippen LogP contribution in [-0.2, 0) is 5.41 Å². The zero-order valence-corrected chi connectivity index (χ0v) is 15.0. The number of anilines is 1. The number of halogens is 1. The summed E-state index contributed by atoms with van der Waals surface area (Å²) in [6, 6.07) is 13.4. The molecule has 0 spiro atoms. The van der Waals surface area contributed by atoms with Crippen LogP contribution in [0.4, 0.5) is 9.52 Å². The molecule has 2 aromatic carbocycles. The van der Waals surface area contributed by atoms with Gasteiger partial charge in [0.1, 0.15) is 5.82 Å². The highest BCUT2D eigenvalue weighted by atomic mass is 32.1. The van der Waals surface area contributed by atoms with E-state index < -0.39 is 0 Å². The van der Waals surface area contributed by atoms with E-state index in [2.05, 4.69) is 35.4 Å². The number of hydrogen-bond donors (Lipinski definition) is 1. The minimum Gasteiger partial charge on any atom is -0.297 e. The van der Waals surface area contributed by atoms with Crippen LogP contribution < -0.4 is 5.32 Å². The van der Waals surface area contributed by atoms with Crippen LogP contribution in [-0.4, -0.2) is 15.3 Å². The average molecular weight is 355 g/mol. The van der Waals surface area contributed by atoms with Gasteiger partial charge in [0.2, 0.25) is 5.13 Å². The molecule has 6 heteroatoms. The topological polar surface area (TPSA) is 54.9 Å². The monoisotopic (exact) mass is 355 g/mol. The Morgan fingerprint density at radius 3 is 2.28 bits per heavy atom. The van der Waals surface area contributed by atoms with Crippen molar-refractivity contribution < 1.29 is 9.18 Å². The summed E-state index contributed by atoms with van der Waals surface area (Å²) in [4.78, 5) is 16.6. The van der Waals surface area contributed by atoms with Crippen LogP contribution in [0.3, 0.4) is 0 Å². The molecule has 0 atom stereocenters. The Balaban J connectivity index is 1.72. The first-order valence-corrected chi connectivity index (χ1v) is 8.62. The smallest absolute Gasteiger partial charge is 0.257 e. The number of hydrogen-bond acceptors (Lipinski definition) is 4. The first kappa shape index (κ1) is 17.2. The van der Waals surface area contributed by atoms with E-state index in [-0.39, 0.29) is 17.1 Å². The Morgan fingerprint density at radius 1 is 1.04 bits per heavy atom. The van der Waals surface area contributed by atoms with E-state index in [1.54, 1.807) is 24.3 Å². The Hall–Kier alpha value is -2.60. The number of carbonyl (C=O) groups is 1. The summed E-state index contributed by atoms with van der Waals surface area (Å²) < 4.78 is 17.2. The first-order valence-electron chi connectivity index (χ1n) is 7.84. The summed E-state index contributed by atoms with van der Waals surface area (Å²) in [5.74, 6) is -0.0862. The van der Waals surface area contributed by atoms with Crippen molar-refractivity contribution in [1.82, 2.24) is 9.36 Å². The van der Waals surface area contributed by atoms with Gasteiger partial charge in [-0.05, 0) is 47.4 Å². The molecule has 1 heterocycles. The minimum atomic E-state index is -0.314. The number of amides is 1. The van der Waals surface area contributed by atoms with Gasteiger partial charge in [-0.15, -0.1) is 0 Å². The van der Waals surface area contributed by atoms with Crippen molar-refractivity contribution >= 4 is 22.6 Å². The molecule has 0 saturated carbocycles. The molecule has 0 aliphatic rings. The highest BCUT2D eigenvalue weighted by Crippen LogP contribution is 2.24. The number of carbonyl (C=O) groups excluding carboxylic acids is 1. The molecule has 1 amide bonds. The lowest BCUT2D eigenvalue weighted by molar-refractivity contribution is 0.102. The van der Waals surface area contributed by atoms with Gasteiger partial charge in [0.25, 0.3) is 5.91 Å². The van der Waals surface area contributed by atoms with Crippen molar-refractivity contribution in [2.45, 2.75) is 26.2 Å². The second-order valence-corrected chi connectivity index (χ2v) is 7.46. The third-order valence-corrected chi connectivity index (χ3v) is 4.39. The quantitative estimate of drug-likeness (QED) is 0.727. The molecule has 0 aliphatic heterocycles. The summed E-state index contributed by atoms with van der Waals surface area (Å²) in [6.07, 6.45) is 0. The Labute approximate surface area is 149 Å². The fourth-order valence-electron chi connectivity index (χ4n) is 2.28. The van der Waals surface area contributed by atoms with Gasteiger partial charge in [0, 0.05) is 22.7 Å². The summed E-state index contributed by atoms with van der Waals surface area (Å²) in [7, 11) is 0. The molecular formula is C19H18FN3OS. The fourth-order valence-corrected chi connectivity index (χ4v) is 2.87. The van der Waals surface area contributed by atoms with E-state index in [9.17, 15) is 9.18 Å². The van der Waals surface area contributed by atoms with Crippen LogP contribution >= 0.6 is 11.5 Å². The molecule has 3 aromatic rings. The lowest BCUT2D eigenvalue weighted by Crippen LogP contribution is -2.14. The maximum Gasteiger partial charge on any atom is 0.257 e. The van der Waals surface area contributed by atoms with Gasteiger partial charge in [0.15, 0.2) is 5.82 Å². The lowest BCUT2D eigenvalue weighted by Gasteiger charge is -2.18. The van der Waals surface area contributed by atoms with Gasteiger partial charge in [-0.25, -0.2) is 4.39 Å². The molecule has 1 aromatic heterocycles. The van der Waals surface area contributed by atoms with Crippen molar-refractivity contribution in [3.63, 3.8) is 0 Å². The van der Waals surface area contributed by atoms with Crippen LogP contribution in [0.15, 0.2) is 48.5 Å². The van der Waals surface area contributed by atoms with Crippen molar-refractivity contribution in [2.75, 3.05) is 5.32 Å². The van der Waals surface area contributed by atoms with Gasteiger partial charge in [0.05, 0.1) is 0 Å². The van der Waals surface area contributed by atoms with Crippen LogP contribution in [0.5, 0.6) is 0 Å². The SMILES string of the molecule is CC(C)(C)c1ccc(C(=O)Nc2nc(-c3ccc(F)cc3)ns2)cc1. The van der Waals surface area contributed by atoms with Crippen molar-refractivity contribution in [3.8, 4) is 11.4 Å². The molecule has 0 fully saturated rings. The molecule has 4 nitrogen and oxygen atoms in total. The lowest BCUT2D eigenvalue weighted by atomic mass is 9.87. The summed E-state index contributed by atoms with van der Waals surface area (Å²) in [5, 5.41) is 3.16. The van der Waals surface area contributed by atoms with Gasteiger partial charge >= 0.3 is 0 Å². The zero-order chi connectivity index (χ0) is 18.0. The largest absolute Gasteiger partial charge is 0.297 e.